The molecule has 0 spiro atoms. The lowest BCUT2D eigenvalue weighted by molar-refractivity contribution is -0.140. The highest BCUT2D eigenvalue weighted by Gasteiger charge is 2.43. The normalized spacial score (nSPS) is 31.6. The van der Waals surface area contributed by atoms with Gasteiger partial charge in [-0.15, -0.1) is 0 Å². The average Bonchev–Trinajstić information content (AvgIpc) is 2.93. The smallest absolute Gasteiger partial charge is 0.304 e. The Morgan fingerprint density at radius 2 is 2.06 bits per heavy atom. The van der Waals surface area contributed by atoms with Crippen LogP contribution in [0.4, 0.5) is 0 Å². The van der Waals surface area contributed by atoms with Crippen LogP contribution in [0.3, 0.4) is 0 Å². The summed E-state index contributed by atoms with van der Waals surface area (Å²) in [6.45, 7) is 6.33. The average molecular weight is 226 g/mol. The number of carbonyl (C=O) groups is 1. The van der Waals surface area contributed by atoms with E-state index in [0.717, 1.165) is 13.1 Å². The lowest BCUT2D eigenvalue weighted by Gasteiger charge is -2.49. The van der Waals surface area contributed by atoms with Gasteiger partial charge in [-0.25, -0.2) is 0 Å². The number of aliphatic carboxylic acids is 1. The predicted octanol–water partition coefficient (Wildman–Crippen LogP) is 1.02. The van der Waals surface area contributed by atoms with E-state index in [1.807, 2.05) is 0 Å². The quantitative estimate of drug-likeness (QED) is 0.780. The highest BCUT2D eigenvalue weighted by molar-refractivity contribution is 5.67. The summed E-state index contributed by atoms with van der Waals surface area (Å²) in [6, 6.07) is 0.848. The number of hydrogen-bond donors (Lipinski definition) is 1. The number of rotatable bonds is 3. The minimum Gasteiger partial charge on any atom is -0.481 e. The molecule has 0 amide bonds. The Morgan fingerprint density at radius 1 is 1.44 bits per heavy atom. The molecule has 2 aliphatic rings. The number of nitrogens with zero attached hydrogens (tertiary/aromatic N) is 2. The van der Waals surface area contributed by atoms with Gasteiger partial charge in [-0.3, -0.25) is 14.6 Å². The van der Waals surface area contributed by atoms with Gasteiger partial charge in [0.05, 0.1) is 6.42 Å². The van der Waals surface area contributed by atoms with Crippen LogP contribution in [0.25, 0.3) is 0 Å². The summed E-state index contributed by atoms with van der Waals surface area (Å²) in [5.74, 6) is -0.677. The van der Waals surface area contributed by atoms with Gasteiger partial charge in [0.1, 0.15) is 0 Å². The van der Waals surface area contributed by atoms with Crippen LogP contribution in [0, 0.1) is 0 Å². The van der Waals surface area contributed by atoms with Crippen molar-refractivity contribution in [3.05, 3.63) is 0 Å². The Kier molecular flexibility index (Phi) is 2.97. The van der Waals surface area contributed by atoms with Crippen LogP contribution in [0.1, 0.15) is 33.1 Å². The molecule has 1 saturated carbocycles. The molecule has 2 fully saturated rings. The van der Waals surface area contributed by atoms with Crippen LogP contribution in [0.15, 0.2) is 0 Å². The molecule has 4 heteroatoms. The van der Waals surface area contributed by atoms with Crippen molar-refractivity contribution in [2.24, 2.45) is 0 Å². The molecule has 1 aliphatic carbocycles. The Balaban J connectivity index is 2.07. The fraction of sp³-hybridized carbons (Fsp3) is 0.917. The third-order valence-electron chi connectivity index (χ3n) is 3.98. The van der Waals surface area contributed by atoms with Gasteiger partial charge in [0.15, 0.2) is 0 Å². The number of hydrogen-bond acceptors (Lipinski definition) is 3. The maximum absolute atomic E-state index is 10.9. The van der Waals surface area contributed by atoms with Crippen molar-refractivity contribution in [1.82, 2.24) is 9.80 Å². The summed E-state index contributed by atoms with van der Waals surface area (Å²) in [5, 5.41) is 8.96. The van der Waals surface area contributed by atoms with E-state index in [9.17, 15) is 4.79 Å². The third kappa shape index (κ3) is 2.38. The first-order valence-electron chi connectivity index (χ1n) is 6.09. The van der Waals surface area contributed by atoms with E-state index in [1.165, 1.54) is 12.8 Å². The zero-order valence-corrected chi connectivity index (χ0v) is 10.4. The van der Waals surface area contributed by atoms with Crippen LogP contribution >= 0.6 is 0 Å². The highest BCUT2D eigenvalue weighted by Crippen LogP contribution is 2.35. The predicted molar refractivity (Wildman–Crippen MR) is 62.5 cm³/mol. The molecule has 1 N–H and O–H groups in total. The largest absolute Gasteiger partial charge is 0.481 e. The molecule has 1 aliphatic heterocycles. The summed E-state index contributed by atoms with van der Waals surface area (Å²) in [4.78, 5) is 15.6. The van der Waals surface area contributed by atoms with E-state index in [2.05, 4.69) is 30.7 Å². The van der Waals surface area contributed by atoms with E-state index >= 15 is 0 Å². The van der Waals surface area contributed by atoms with Crippen molar-refractivity contribution < 1.29 is 9.90 Å². The minimum atomic E-state index is -0.677. The van der Waals surface area contributed by atoms with Gasteiger partial charge < -0.3 is 5.11 Å². The van der Waals surface area contributed by atoms with Gasteiger partial charge in [-0.1, -0.05) is 0 Å². The molecule has 16 heavy (non-hydrogen) atoms. The second-order valence-corrected chi connectivity index (χ2v) is 5.85. The zero-order chi connectivity index (χ0) is 11.9. The molecule has 1 saturated heterocycles. The van der Waals surface area contributed by atoms with Crippen molar-refractivity contribution >= 4 is 5.97 Å². The molecule has 0 aromatic heterocycles. The molecule has 2 rings (SSSR count). The lowest BCUT2D eigenvalue weighted by atomic mass is 9.95. The number of carboxylic acids is 1. The fourth-order valence-corrected chi connectivity index (χ4v) is 2.58. The molecule has 1 atom stereocenters. The van der Waals surface area contributed by atoms with Gasteiger partial charge >= 0.3 is 5.97 Å². The molecule has 0 aromatic carbocycles. The number of likely N-dealkylation sites (N-methyl/N-ethyl adjacent to an activating group) is 1. The van der Waals surface area contributed by atoms with Crippen LogP contribution in [0.5, 0.6) is 0 Å². The summed E-state index contributed by atoms with van der Waals surface area (Å²) in [5.41, 5.74) is 0.164. The molecule has 0 radical (unpaired) electrons. The van der Waals surface area contributed by atoms with Crippen LogP contribution in [0.2, 0.25) is 0 Å². The van der Waals surface area contributed by atoms with Crippen molar-refractivity contribution in [3.8, 4) is 0 Å². The second kappa shape index (κ2) is 4.00. The van der Waals surface area contributed by atoms with Gasteiger partial charge in [0.25, 0.3) is 0 Å². The Morgan fingerprint density at radius 3 is 2.56 bits per heavy atom. The summed E-state index contributed by atoms with van der Waals surface area (Å²) in [7, 11) is 2.10. The maximum atomic E-state index is 10.9. The SMILES string of the molecule is CN1CC(CC(=O)O)N(C2CC2)CC1(C)C. The molecule has 0 aromatic rings. The van der Waals surface area contributed by atoms with Crippen LogP contribution < -0.4 is 0 Å². The molecule has 1 unspecified atom stereocenters. The van der Waals surface area contributed by atoms with E-state index in [-0.39, 0.29) is 18.0 Å². The summed E-state index contributed by atoms with van der Waals surface area (Å²) < 4.78 is 0. The monoisotopic (exact) mass is 226 g/mol. The van der Waals surface area contributed by atoms with Gasteiger partial charge in [-0.05, 0) is 33.7 Å². The Labute approximate surface area is 97.2 Å². The number of piperazine rings is 1. The molecule has 0 bridgehead atoms. The number of carboxylic acid groups (broad SMARTS) is 1. The first-order valence-corrected chi connectivity index (χ1v) is 6.09. The van der Waals surface area contributed by atoms with Crippen LogP contribution in [-0.4, -0.2) is 58.6 Å². The Hall–Kier alpha value is -0.610. The summed E-state index contributed by atoms with van der Waals surface area (Å²) in [6.07, 6.45) is 2.77. The molecule has 92 valence electrons. The first-order chi connectivity index (χ1) is 7.40. The topological polar surface area (TPSA) is 43.8 Å². The fourth-order valence-electron chi connectivity index (χ4n) is 2.58. The van der Waals surface area contributed by atoms with E-state index in [4.69, 9.17) is 5.11 Å². The maximum Gasteiger partial charge on any atom is 0.304 e. The minimum absolute atomic E-state index is 0.164. The van der Waals surface area contributed by atoms with Gasteiger partial charge in [0, 0.05) is 30.7 Å². The van der Waals surface area contributed by atoms with Crippen molar-refractivity contribution in [3.63, 3.8) is 0 Å². The molecule has 4 nitrogen and oxygen atoms in total. The Bertz CT molecular complexity index is 287. The molecule has 1 heterocycles. The van der Waals surface area contributed by atoms with Crippen LogP contribution in [-0.2, 0) is 4.79 Å². The third-order valence-corrected chi connectivity index (χ3v) is 3.98. The molecular weight excluding hydrogens is 204 g/mol. The van der Waals surface area contributed by atoms with Crippen molar-refractivity contribution in [1.29, 1.82) is 0 Å². The van der Waals surface area contributed by atoms with E-state index < -0.39 is 5.97 Å². The van der Waals surface area contributed by atoms with Gasteiger partial charge in [-0.2, -0.15) is 0 Å². The summed E-state index contributed by atoms with van der Waals surface area (Å²) >= 11 is 0. The highest BCUT2D eigenvalue weighted by atomic mass is 16.4. The molecular formula is C12H22N2O2. The zero-order valence-electron chi connectivity index (χ0n) is 10.4. The second-order valence-electron chi connectivity index (χ2n) is 5.85. The van der Waals surface area contributed by atoms with E-state index in [0.29, 0.717) is 6.04 Å². The van der Waals surface area contributed by atoms with Crippen molar-refractivity contribution in [2.75, 3.05) is 20.1 Å². The lowest BCUT2D eigenvalue weighted by Crippen LogP contribution is -2.62. The first kappa shape index (κ1) is 11.9. The van der Waals surface area contributed by atoms with E-state index in [1.54, 1.807) is 0 Å². The standard InChI is InChI=1S/C12H22N2O2/c1-12(2)8-14(9-4-5-9)10(6-11(15)16)7-13(12)3/h9-10H,4-8H2,1-3H3,(H,15,16). The van der Waals surface area contributed by atoms with Gasteiger partial charge in [0.2, 0.25) is 0 Å². The van der Waals surface area contributed by atoms with Crippen molar-refractivity contribution in [2.45, 2.75) is 50.7 Å².